The lowest BCUT2D eigenvalue weighted by molar-refractivity contribution is -0.144. The van der Waals surface area contributed by atoms with Crippen LogP contribution in [0.15, 0.2) is 0 Å². The summed E-state index contributed by atoms with van der Waals surface area (Å²) in [5.74, 6) is -4.65. The molecule has 0 saturated heterocycles. The molecule has 0 nitrogen and oxygen atoms in total. The fraction of sp³-hybridized carbons (Fsp3) is 0.750. The normalized spacial score (nSPS) is 19.6. The number of halogens is 7. The van der Waals surface area contributed by atoms with Crippen molar-refractivity contribution in [1.82, 2.24) is 0 Å². The SMILES string of the molecule is [CH2]C(F)(F)C(F)(Cl)C(F)(F)Cl. The molecule has 0 spiro atoms. The van der Waals surface area contributed by atoms with Gasteiger partial charge in [-0.05, 0) is 11.6 Å². The summed E-state index contributed by atoms with van der Waals surface area (Å²) in [6, 6.07) is 0. The van der Waals surface area contributed by atoms with E-state index in [1.165, 1.54) is 0 Å². The zero-order valence-corrected chi connectivity index (χ0v) is 6.36. The summed E-state index contributed by atoms with van der Waals surface area (Å²) in [5, 5.41) is -9.53. The van der Waals surface area contributed by atoms with Gasteiger partial charge in [0.2, 0.25) is 0 Å². The minimum absolute atomic E-state index is 1.80. The molecule has 0 heterocycles. The first-order chi connectivity index (χ1) is 4.50. The van der Waals surface area contributed by atoms with Crippen molar-refractivity contribution in [3.05, 3.63) is 6.92 Å². The van der Waals surface area contributed by atoms with Crippen LogP contribution in [-0.4, -0.2) is 16.4 Å². The van der Waals surface area contributed by atoms with E-state index in [4.69, 9.17) is 0 Å². The van der Waals surface area contributed by atoms with Gasteiger partial charge in [-0.2, -0.15) is 8.78 Å². The van der Waals surface area contributed by atoms with Crippen LogP contribution in [0.5, 0.6) is 0 Å². The van der Waals surface area contributed by atoms with Crippen molar-refractivity contribution in [1.29, 1.82) is 0 Å². The van der Waals surface area contributed by atoms with E-state index in [1.54, 1.807) is 6.92 Å². The van der Waals surface area contributed by atoms with E-state index >= 15 is 0 Å². The van der Waals surface area contributed by atoms with Gasteiger partial charge in [0, 0.05) is 6.92 Å². The second-order valence-corrected chi connectivity index (χ2v) is 2.77. The van der Waals surface area contributed by atoms with Crippen molar-refractivity contribution in [2.45, 2.75) is 16.4 Å². The molecule has 0 aliphatic rings. The Kier molecular flexibility index (Phi) is 2.68. The fourth-order valence-electron chi connectivity index (χ4n) is 0.207. The molecule has 0 aliphatic heterocycles. The van der Waals surface area contributed by atoms with E-state index in [-0.39, 0.29) is 0 Å². The third-order valence-corrected chi connectivity index (χ3v) is 1.69. The summed E-state index contributed by atoms with van der Waals surface area (Å²) >= 11 is 8.08. The number of rotatable bonds is 2. The van der Waals surface area contributed by atoms with E-state index in [2.05, 4.69) is 23.2 Å². The van der Waals surface area contributed by atoms with E-state index in [1.807, 2.05) is 0 Å². The quantitative estimate of drug-likeness (QED) is 0.491. The topological polar surface area (TPSA) is 0 Å². The third kappa shape index (κ3) is 2.08. The average molecular weight is 216 g/mol. The number of alkyl halides is 7. The second-order valence-electron chi connectivity index (χ2n) is 1.78. The predicted molar refractivity (Wildman–Crippen MR) is 30.8 cm³/mol. The van der Waals surface area contributed by atoms with Crippen LogP contribution in [0.2, 0.25) is 0 Å². The minimum atomic E-state index is -4.86. The molecule has 1 radical (unpaired) electrons. The summed E-state index contributed by atoms with van der Waals surface area (Å²) in [4.78, 5) is 0. The summed E-state index contributed by atoms with van der Waals surface area (Å²) in [6.45, 7) is 1.80. The molecule has 1 unspecified atom stereocenters. The molecular formula is C4H2Cl2F5. The smallest absolute Gasteiger partial charge is 0.211 e. The lowest BCUT2D eigenvalue weighted by atomic mass is 10.2. The van der Waals surface area contributed by atoms with Crippen molar-refractivity contribution >= 4 is 23.2 Å². The summed E-state index contributed by atoms with van der Waals surface area (Å²) in [5.41, 5.74) is 0. The molecule has 7 heteroatoms. The molecular weight excluding hydrogens is 214 g/mol. The zero-order valence-electron chi connectivity index (χ0n) is 4.85. The molecule has 0 N–H and O–H groups in total. The highest BCUT2D eigenvalue weighted by atomic mass is 35.5. The fourth-order valence-corrected chi connectivity index (χ4v) is 0.346. The molecule has 0 fully saturated rings. The number of hydrogen-bond acceptors (Lipinski definition) is 0. The Bertz CT molecular complexity index is 128. The van der Waals surface area contributed by atoms with Crippen LogP contribution in [0, 0.1) is 6.92 Å². The molecule has 0 aromatic heterocycles. The second kappa shape index (κ2) is 2.62. The van der Waals surface area contributed by atoms with Crippen LogP contribution in [0.3, 0.4) is 0 Å². The van der Waals surface area contributed by atoms with Gasteiger partial charge in [-0.25, -0.2) is 13.2 Å². The molecule has 67 valence electrons. The Hall–Kier alpha value is 0.230. The van der Waals surface area contributed by atoms with Gasteiger partial charge in [-0.15, -0.1) is 0 Å². The van der Waals surface area contributed by atoms with Crippen molar-refractivity contribution in [2.24, 2.45) is 0 Å². The maximum absolute atomic E-state index is 12.2. The molecule has 0 bridgehead atoms. The lowest BCUT2D eigenvalue weighted by Crippen LogP contribution is -2.48. The van der Waals surface area contributed by atoms with Crippen LogP contribution in [-0.2, 0) is 0 Å². The highest BCUT2D eigenvalue weighted by Gasteiger charge is 2.66. The predicted octanol–water partition coefficient (Wildman–Crippen LogP) is 3.19. The standard InChI is InChI=1S/C4H2Cl2F5/c1-2(7,8)3(5,9)4(6,10)11/h1H2. The molecule has 11 heavy (non-hydrogen) atoms. The van der Waals surface area contributed by atoms with E-state index < -0.39 is 16.4 Å². The molecule has 0 aromatic rings. The van der Waals surface area contributed by atoms with Gasteiger partial charge in [0.25, 0.3) is 0 Å². The van der Waals surface area contributed by atoms with Gasteiger partial charge in [-0.3, -0.25) is 0 Å². The Labute approximate surface area is 69.3 Å². The first kappa shape index (κ1) is 11.2. The van der Waals surface area contributed by atoms with Crippen molar-refractivity contribution in [3.8, 4) is 0 Å². The lowest BCUT2D eigenvalue weighted by Gasteiger charge is -2.27. The van der Waals surface area contributed by atoms with Crippen molar-refractivity contribution < 1.29 is 22.0 Å². The van der Waals surface area contributed by atoms with Crippen LogP contribution in [0.4, 0.5) is 22.0 Å². The summed E-state index contributed by atoms with van der Waals surface area (Å²) in [7, 11) is 0. The van der Waals surface area contributed by atoms with Gasteiger partial charge >= 0.3 is 16.4 Å². The number of hydrogen-bond donors (Lipinski definition) is 0. The summed E-state index contributed by atoms with van der Waals surface area (Å²) in [6.07, 6.45) is 0. The molecule has 0 rings (SSSR count). The van der Waals surface area contributed by atoms with Gasteiger partial charge < -0.3 is 0 Å². The molecule has 0 saturated carbocycles. The van der Waals surface area contributed by atoms with E-state index in [0.29, 0.717) is 0 Å². The highest BCUT2D eigenvalue weighted by Crippen LogP contribution is 2.48. The van der Waals surface area contributed by atoms with Gasteiger partial charge in [0.15, 0.2) is 0 Å². The van der Waals surface area contributed by atoms with Crippen molar-refractivity contribution in [2.75, 3.05) is 0 Å². The molecule has 1 atom stereocenters. The van der Waals surface area contributed by atoms with Crippen molar-refractivity contribution in [3.63, 3.8) is 0 Å². The maximum atomic E-state index is 12.2. The zero-order chi connectivity index (χ0) is 9.50. The Morgan fingerprint density at radius 3 is 1.18 bits per heavy atom. The van der Waals surface area contributed by atoms with Gasteiger partial charge in [-0.1, -0.05) is 11.6 Å². The Morgan fingerprint density at radius 2 is 1.18 bits per heavy atom. The Morgan fingerprint density at radius 1 is 0.909 bits per heavy atom. The molecule has 0 amide bonds. The minimum Gasteiger partial charge on any atom is -0.211 e. The Balaban J connectivity index is 4.75. The average Bonchev–Trinajstić information content (AvgIpc) is 1.58. The van der Waals surface area contributed by atoms with Gasteiger partial charge in [0.05, 0.1) is 0 Å². The maximum Gasteiger partial charge on any atom is 0.375 e. The highest BCUT2D eigenvalue weighted by molar-refractivity contribution is 6.33. The van der Waals surface area contributed by atoms with Crippen LogP contribution in [0.1, 0.15) is 0 Å². The largest absolute Gasteiger partial charge is 0.375 e. The first-order valence-corrected chi connectivity index (χ1v) is 2.93. The molecule has 0 aromatic carbocycles. The first-order valence-electron chi connectivity index (χ1n) is 2.18. The molecule has 0 aliphatic carbocycles. The monoisotopic (exact) mass is 215 g/mol. The third-order valence-electron chi connectivity index (χ3n) is 0.815. The van der Waals surface area contributed by atoms with Crippen LogP contribution < -0.4 is 0 Å². The van der Waals surface area contributed by atoms with Gasteiger partial charge in [0.1, 0.15) is 0 Å². The van der Waals surface area contributed by atoms with E-state index in [9.17, 15) is 22.0 Å². The summed E-state index contributed by atoms with van der Waals surface area (Å²) < 4.78 is 59.3. The van der Waals surface area contributed by atoms with Crippen LogP contribution in [0.25, 0.3) is 0 Å². The van der Waals surface area contributed by atoms with Crippen LogP contribution >= 0.6 is 23.2 Å². The van der Waals surface area contributed by atoms with E-state index in [0.717, 1.165) is 0 Å².